The van der Waals surface area contributed by atoms with Gasteiger partial charge in [-0.1, -0.05) is 60.5 Å². The van der Waals surface area contributed by atoms with Gasteiger partial charge in [0.1, 0.15) is 5.82 Å². The number of aromatic nitrogens is 3. The van der Waals surface area contributed by atoms with E-state index in [0.29, 0.717) is 17.9 Å². The number of carbonyl (C=O) groups is 2. The standard InChI is InChI=1S/C35H41FN6O5S/c1-23(25-13-15-29(36)16-14-25)37-34(44)27-18-28(20-30(19-27)41(2)48(3,46)47)35(45)38-31(17-24-9-5-4-6-10-24)33(43)22-42-21-32(39-40-42)26-11-7-8-12-26/h4-6,9-10,13-16,18-21,23,26,31,33,43H,7-8,11-12,17,22H2,1-3H3,(H,37,44)(H,38,45)/t23-,31+,33+/m1/s1. The van der Waals surface area contributed by atoms with E-state index in [1.54, 1.807) is 23.7 Å². The largest absolute Gasteiger partial charge is 0.389 e. The van der Waals surface area contributed by atoms with Crippen LogP contribution in [0.15, 0.2) is 79.0 Å². The molecule has 0 unspecified atom stereocenters. The number of aliphatic hydroxyl groups excluding tert-OH is 1. The van der Waals surface area contributed by atoms with E-state index in [0.717, 1.165) is 47.5 Å². The summed E-state index contributed by atoms with van der Waals surface area (Å²) in [6.45, 7) is 1.82. The fourth-order valence-electron chi connectivity index (χ4n) is 5.89. The molecular formula is C35H41FN6O5S. The molecule has 5 rings (SSSR count). The number of benzene rings is 3. The molecule has 48 heavy (non-hydrogen) atoms. The van der Waals surface area contributed by atoms with Gasteiger partial charge in [-0.15, -0.1) is 5.10 Å². The molecule has 11 nitrogen and oxygen atoms in total. The van der Waals surface area contributed by atoms with Crippen LogP contribution >= 0.6 is 0 Å². The third-order valence-corrected chi connectivity index (χ3v) is 10.0. The van der Waals surface area contributed by atoms with Gasteiger partial charge in [0, 0.05) is 30.3 Å². The number of amides is 2. The Bertz CT molecular complexity index is 1830. The van der Waals surface area contributed by atoms with E-state index in [1.807, 2.05) is 36.5 Å². The van der Waals surface area contributed by atoms with E-state index < -0.39 is 45.8 Å². The molecule has 1 aliphatic rings. The Hall–Kier alpha value is -4.62. The number of rotatable bonds is 13. The summed E-state index contributed by atoms with van der Waals surface area (Å²) in [5.74, 6) is -1.22. The van der Waals surface area contributed by atoms with Gasteiger partial charge in [-0.3, -0.25) is 13.9 Å². The molecular weight excluding hydrogens is 635 g/mol. The van der Waals surface area contributed by atoms with Gasteiger partial charge in [0.25, 0.3) is 11.8 Å². The summed E-state index contributed by atoms with van der Waals surface area (Å²) in [6.07, 6.45) is 6.54. The molecule has 254 valence electrons. The van der Waals surface area contributed by atoms with Crippen LogP contribution in [0.3, 0.4) is 0 Å². The SMILES string of the molecule is C[C@@H](NC(=O)c1cc(C(=O)N[C@@H](Cc2ccccc2)[C@@H](O)Cn2cc(C3CCCC3)nn2)cc(N(C)S(C)(=O)=O)c1)c1ccc(F)cc1. The van der Waals surface area contributed by atoms with Crippen molar-refractivity contribution in [2.24, 2.45) is 0 Å². The molecule has 0 radical (unpaired) electrons. The Labute approximate surface area is 280 Å². The van der Waals surface area contributed by atoms with E-state index in [2.05, 4.69) is 20.9 Å². The highest BCUT2D eigenvalue weighted by atomic mass is 32.2. The Morgan fingerprint density at radius 3 is 2.25 bits per heavy atom. The number of halogens is 1. The van der Waals surface area contributed by atoms with Crippen LogP contribution in [0.25, 0.3) is 0 Å². The smallest absolute Gasteiger partial charge is 0.251 e. The van der Waals surface area contributed by atoms with Gasteiger partial charge in [0.05, 0.1) is 42.4 Å². The number of nitrogens with one attached hydrogen (secondary N) is 2. The molecule has 13 heteroatoms. The van der Waals surface area contributed by atoms with Crippen molar-refractivity contribution in [1.29, 1.82) is 0 Å². The predicted molar refractivity (Wildman–Crippen MR) is 181 cm³/mol. The Balaban J connectivity index is 1.40. The summed E-state index contributed by atoms with van der Waals surface area (Å²) in [4.78, 5) is 27.3. The van der Waals surface area contributed by atoms with Crippen molar-refractivity contribution < 1.29 is 27.5 Å². The molecule has 0 saturated heterocycles. The minimum Gasteiger partial charge on any atom is -0.389 e. The van der Waals surface area contributed by atoms with Gasteiger partial charge in [-0.25, -0.2) is 17.5 Å². The lowest BCUT2D eigenvalue weighted by Crippen LogP contribution is -2.46. The number of anilines is 1. The van der Waals surface area contributed by atoms with Crippen molar-refractivity contribution in [1.82, 2.24) is 25.6 Å². The molecule has 1 fully saturated rings. The van der Waals surface area contributed by atoms with E-state index in [1.165, 1.54) is 37.4 Å². The van der Waals surface area contributed by atoms with Crippen LogP contribution in [0, 0.1) is 5.82 Å². The fourth-order valence-corrected chi connectivity index (χ4v) is 6.38. The van der Waals surface area contributed by atoms with Crippen LogP contribution < -0.4 is 14.9 Å². The first-order valence-electron chi connectivity index (χ1n) is 16.0. The third kappa shape index (κ3) is 8.84. The van der Waals surface area contributed by atoms with Gasteiger partial charge >= 0.3 is 0 Å². The Kier molecular flexibility index (Phi) is 10.9. The van der Waals surface area contributed by atoms with Gasteiger partial charge in [-0.2, -0.15) is 0 Å². The molecule has 0 bridgehead atoms. The van der Waals surface area contributed by atoms with Crippen molar-refractivity contribution in [2.45, 2.75) is 69.7 Å². The minimum atomic E-state index is -3.75. The lowest BCUT2D eigenvalue weighted by Gasteiger charge is -2.25. The molecule has 1 saturated carbocycles. The monoisotopic (exact) mass is 676 g/mol. The zero-order valence-corrected chi connectivity index (χ0v) is 28.0. The lowest BCUT2D eigenvalue weighted by molar-refractivity contribution is 0.0779. The summed E-state index contributed by atoms with van der Waals surface area (Å²) in [7, 11) is -2.42. The Morgan fingerprint density at radius 2 is 1.62 bits per heavy atom. The molecule has 1 heterocycles. The highest BCUT2D eigenvalue weighted by molar-refractivity contribution is 7.92. The van der Waals surface area contributed by atoms with Gasteiger partial charge in [0.2, 0.25) is 10.0 Å². The molecule has 0 spiro atoms. The predicted octanol–water partition coefficient (Wildman–Crippen LogP) is 4.36. The second-order valence-electron chi connectivity index (χ2n) is 12.4. The zero-order valence-electron chi connectivity index (χ0n) is 27.2. The van der Waals surface area contributed by atoms with E-state index >= 15 is 0 Å². The maximum Gasteiger partial charge on any atom is 0.251 e. The first kappa shape index (κ1) is 34.7. The minimum absolute atomic E-state index is 0.0251. The van der Waals surface area contributed by atoms with Crippen LogP contribution in [-0.4, -0.2) is 65.8 Å². The number of sulfonamides is 1. The summed E-state index contributed by atoms with van der Waals surface area (Å²) >= 11 is 0. The third-order valence-electron chi connectivity index (χ3n) is 8.80. The lowest BCUT2D eigenvalue weighted by atomic mass is 10.00. The van der Waals surface area contributed by atoms with Crippen LogP contribution in [0.5, 0.6) is 0 Å². The molecule has 2 amide bonds. The summed E-state index contributed by atoms with van der Waals surface area (Å²) in [6, 6.07) is 18.0. The average Bonchev–Trinajstić information content (AvgIpc) is 3.77. The summed E-state index contributed by atoms with van der Waals surface area (Å²) in [5.41, 5.74) is 2.61. The average molecular weight is 677 g/mol. The second-order valence-corrected chi connectivity index (χ2v) is 14.4. The van der Waals surface area contributed by atoms with E-state index in [-0.39, 0.29) is 23.4 Å². The van der Waals surface area contributed by atoms with E-state index in [9.17, 15) is 27.5 Å². The normalized spacial score (nSPS) is 15.4. The molecule has 3 atom stereocenters. The number of aliphatic hydroxyl groups is 1. The van der Waals surface area contributed by atoms with Crippen molar-refractivity contribution in [3.05, 3.63) is 113 Å². The van der Waals surface area contributed by atoms with Crippen molar-refractivity contribution in [2.75, 3.05) is 17.6 Å². The molecule has 3 aromatic carbocycles. The van der Waals surface area contributed by atoms with Gasteiger partial charge < -0.3 is 15.7 Å². The first-order valence-corrected chi connectivity index (χ1v) is 17.8. The summed E-state index contributed by atoms with van der Waals surface area (Å²) < 4.78 is 40.9. The fraction of sp³-hybridized carbons (Fsp3) is 0.371. The zero-order chi connectivity index (χ0) is 34.4. The van der Waals surface area contributed by atoms with Crippen LogP contribution in [0.2, 0.25) is 0 Å². The van der Waals surface area contributed by atoms with Gasteiger partial charge in [0.15, 0.2) is 0 Å². The topological polar surface area (TPSA) is 147 Å². The Morgan fingerprint density at radius 1 is 1.00 bits per heavy atom. The second kappa shape index (κ2) is 15.1. The summed E-state index contributed by atoms with van der Waals surface area (Å²) in [5, 5.41) is 25.7. The van der Waals surface area contributed by atoms with Crippen LogP contribution in [0.4, 0.5) is 10.1 Å². The quantitative estimate of drug-likeness (QED) is 0.191. The number of hydrogen-bond donors (Lipinski definition) is 3. The molecule has 3 N–H and O–H groups in total. The van der Waals surface area contributed by atoms with Crippen LogP contribution in [0.1, 0.15) is 82.1 Å². The molecule has 4 aromatic rings. The molecule has 0 aliphatic heterocycles. The maximum atomic E-state index is 13.9. The van der Waals surface area contributed by atoms with Crippen molar-refractivity contribution in [3.63, 3.8) is 0 Å². The number of carbonyl (C=O) groups excluding carboxylic acids is 2. The molecule has 1 aliphatic carbocycles. The van der Waals surface area contributed by atoms with Gasteiger partial charge in [-0.05, 0) is 67.6 Å². The van der Waals surface area contributed by atoms with Crippen molar-refractivity contribution >= 4 is 27.5 Å². The first-order chi connectivity index (χ1) is 22.9. The van der Waals surface area contributed by atoms with Crippen LogP contribution in [-0.2, 0) is 23.0 Å². The maximum absolute atomic E-state index is 13.9. The highest BCUT2D eigenvalue weighted by Gasteiger charge is 2.27. The van der Waals surface area contributed by atoms with E-state index in [4.69, 9.17) is 0 Å². The number of nitrogens with zero attached hydrogens (tertiary/aromatic N) is 4. The number of hydrogen-bond acceptors (Lipinski definition) is 7. The highest BCUT2D eigenvalue weighted by Crippen LogP contribution is 2.32. The molecule has 1 aromatic heterocycles. The van der Waals surface area contributed by atoms with Crippen molar-refractivity contribution in [3.8, 4) is 0 Å².